The maximum absolute atomic E-state index is 8.84. The van der Waals surface area contributed by atoms with Crippen LogP contribution in [0.15, 0.2) is 27.6 Å². The molecule has 3 rings (SSSR count). The molecule has 0 spiro atoms. The first kappa shape index (κ1) is 13.3. The summed E-state index contributed by atoms with van der Waals surface area (Å²) in [5, 5.41) is 18.9. The van der Waals surface area contributed by atoms with Crippen molar-refractivity contribution in [1.29, 1.82) is 5.26 Å². The first-order valence-electron chi connectivity index (χ1n) is 6.06. The SMILES string of the molecule is N#Cc1cccc(Sc2nnc(N3CCOCC3)s2)n1. The third-order valence-electron chi connectivity index (χ3n) is 2.71. The molecule has 6 nitrogen and oxygen atoms in total. The van der Waals surface area contributed by atoms with E-state index < -0.39 is 0 Å². The summed E-state index contributed by atoms with van der Waals surface area (Å²) in [6.07, 6.45) is 0. The van der Waals surface area contributed by atoms with Crippen LogP contribution in [0.4, 0.5) is 5.13 Å². The minimum atomic E-state index is 0.410. The number of aromatic nitrogens is 3. The molecule has 0 aromatic carbocycles. The lowest BCUT2D eigenvalue weighted by atomic mass is 10.4. The molecule has 0 atom stereocenters. The Hall–Kier alpha value is -1.69. The van der Waals surface area contributed by atoms with Gasteiger partial charge in [-0.2, -0.15) is 5.26 Å². The first-order valence-corrected chi connectivity index (χ1v) is 7.69. The van der Waals surface area contributed by atoms with Gasteiger partial charge in [0.25, 0.3) is 0 Å². The Balaban J connectivity index is 1.71. The number of rotatable bonds is 3. The van der Waals surface area contributed by atoms with E-state index in [2.05, 4.69) is 20.1 Å². The lowest BCUT2D eigenvalue weighted by molar-refractivity contribution is 0.122. The third-order valence-corrected chi connectivity index (χ3v) is 4.68. The molecule has 8 heteroatoms. The Labute approximate surface area is 124 Å². The second-order valence-corrected chi connectivity index (χ2v) is 6.25. The molecule has 3 heterocycles. The predicted octanol–water partition coefficient (Wildman–Crippen LogP) is 1.79. The minimum Gasteiger partial charge on any atom is -0.378 e. The summed E-state index contributed by atoms with van der Waals surface area (Å²) < 4.78 is 6.15. The molecule has 0 N–H and O–H groups in total. The molecule has 1 aliphatic rings. The van der Waals surface area contributed by atoms with Crippen molar-refractivity contribution >= 4 is 28.2 Å². The summed E-state index contributed by atoms with van der Waals surface area (Å²) >= 11 is 2.96. The van der Waals surface area contributed by atoms with Crippen molar-refractivity contribution in [2.75, 3.05) is 31.2 Å². The third kappa shape index (κ3) is 3.07. The molecule has 0 aliphatic carbocycles. The lowest BCUT2D eigenvalue weighted by Gasteiger charge is -2.25. The van der Waals surface area contributed by atoms with Crippen molar-refractivity contribution in [3.63, 3.8) is 0 Å². The number of hydrogen-bond acceptors (Lipinski definition) is 8. The van der Waals surface area contributed by atoms with E-state index in [1.54, 1.807) is 6.07 Å². The van der Waals surface area contributed by atoms with Crippen molar-refractivity contribution in [3.05, 3.63) is 23.9 Å². The van der Waals surface area contributed by atoms with Crippen LogP contribution in [0.25, 0.3) is 0 Å². The fourth-order valence-corrected chi connectivity index (χ4v) is 3.58. The van der Waals surface area contributed by atoms with Gasteiger partial charge in [-0.3, -0.25) is 0 Å². The number of nitrogens with zero attached hydrogens (tertiary/aromatic N) is 5. The van der Waals surface area contributed by atoms with Crippen molar-refractivity contribution in [2.24, 2.45) is 0 Å². The largest absolute Gasteiger partial charge is 0.378 e. The Morgan fingerprint density at radius 1 is 1.30 bits per heavy atom. The molecule has 0 radical (unpaired) electrons. The predicted molar refractivity (Wildman–Crippen MR) is 76.0 cm³/mol. The topological polar surface area (TPSA) is 74.9 Å². The highest BCUT2D eigenvalue weighted by Gasteiger charge is 2.16. The lowest BCUT2D eigenvalue weighted by Crippen LogP contribution is -2.36. The van der Waals surface area contributed by atoms with Gasteiger partial charge in [0, 0.05) is 13.1 Å². The van der Waals surface area contributed by atoms with E-state index in [4.69, 9.17) is 10.00 Å². The molecule has 0 bridgehead atoms. The van der Waals surface area contributed by atoms with Gasteiger partial charge in [0.2, 0.25) is 5.13 Å². The summed E-state index contributed by atoms with van der Waals surface area (Å²) in [4.78, 5) is 6.39. The highest BCUT2D eigenvalue weighted by molar-refractivity contribution is 8.01. The molecule has 0 unspecified atom stereocenters. The van der Waals surface area contributed by atoms with E-state index in [1.165, 1.54) is 23.1 Å². The average molecular weight is 305 g/mol. The Morgan fingerprint density at radius 3 is 2.95 bits per heavy atom. The van der Waals surface area contributed by atoms with Crippen molar-refractivity contribution in [2.45, 2.75) is 9.37 Å². The molecule has 2 aromatic rings. The molecular weight excluding hydrogens is 294 g/mol. The van der Waals surface area contributed by atoms with E-state index in [9.17, 15) is 0 Å². The van der Waals surface area contributed by atoms with Crippen molar-refractivity contribution < 1.29 is 4.74 Å². The van der Waals surface area contributed by atoms with Crippen LogP contribution in [0.1, 0.15) is 5.69 Å². The summed E-state index contributed by atoms with van der Waals surface area (Å²) in [6, 6.07) is 7.39. The van der Waals surface area contributed by atoms with E-state index in [1.807, 2.05) is 18.2 Å². The Bertz CT molecular complexity index is 633. The Morgan fingerprint density at radius 2 is 2.15 bits per heavy atom. The average Bonchev–Trinajstić information content (AvgIpc) is 2.97. The van der Waals surface area contributed by atoms with E-state index in [-0.39, 0.29) is 0 Å². The molecule has 20 heavy (non-hydrogen) atoms. The molecule has 2 aromatic heterocycles. The molecule has 1 fully saturated rings. The maximum Gasteiger partial charge on any atom is 0.209 e. The van der Waals surface area contributed by atoms with Gasteiger partial charge in [-0.05, 0) is 23.9 Å². The summed E-state index contributed by atoms with van der Waals surface area (Å²) in [6.45, 7) is 3.16. The van der Waals surface area contributed by atoms with Crippen LogP contribution in [0.2, 0.25) is 0 Å². The van der Waals surface area contributed by atoms with E-state index in [0.29, 0.717) is 5.69 Å². The van der Waals surface area contributed by atoms with Gasteiger partial charge in [0.15, 0.2) is 4.34 Å². The van der Waals surface area contributed by atoms with Crippen LogP contribution >= 0.6 is 23.1 Å². The van der Waals surface area contributed by atoms with Gasteiger partial charge < -0.3 is 9.64 Å². The van der Waals surface area contributed by atoms with Gasteiger partial charge in [-0.1, -0.05) is 17.4 Å². The fraction of sp³-hybridized carbons (Fsp3) is 0.333. The number of hydrogen-bond donors (Lipinski definition) is 0. The van der Waals surface area contributed by atoms with E-state index >= 15 is 0 Å². The van der Waals surface area contributed by atoms with Crippen LogP contribution in [0.3, 0.4) is 0 Å². The monoisotopic (exact) mass is 305 g/mol. The van der Waals surface area contributed by atoms with Crippen molar-refractivity contribution in [3.8, 4) is 6.07 Å². The van der Waals surface area contributed by atoms with Crippen molar-refractivity contribution in [1.82, 2.24) is 15.2 Å². The number of ether oxygens (including phenoxy) is 1. The van der Waals surface area contributed by atoms with Gasteiger partial charge in [0.1, 0.15) is 16.8 Å². The second kappa shape index (κ2) is 6.17. The normalized spacial score (nSPS) is 15.1. The maximum atomic E-state index is 8.84. The zero-order chi connectivity index (χ0) is 13.8. The molecule has 1 aliphatic heterocycles. The Kier molecular flexibility index (Phi) is 4.11. The number of nitriles is 1. The van der Waals surface area contributed by atoms with Gasteiger partial charge in [-0.25, -0.2) is 4.98 Å². The molecule has 0 amide bonds. The highest BCUT2D eigenvalue weighted by atomic mass is 32.2. The van der Waals surface area contributed by atoms with E-state index in [0.717, 1.165) is 40.8 Å². The fourth-order valence-electron chi connectivity index (χ4n) is 1.75. The number of pyridine rings is 1. The first-order chi connectivity index (χ1) is 9.85. The number of morpholine rings is 1. The van der Waals surface area contributed by atoms with Gasteiger partial charge >= 0.3 is 0 Å². The van der Waals surface area contributed by atoms with Crippen LogP contribution < -0.4 is 4.90 Å². The molecule has 1 saturated heterocycles. The van der Waals surface area contributed by atoms with Crippen LogP contribution in [0.5, 0.6) is 0 Å². The molecule has 0 saturated carbocycles. The zero-order valence-corrected chi connectivity index (χ0v) is 12.2. The summed E-state index contributed by atoms with van der Waals surface area (Å²) in [5.41, 5.74) is 0.410. The molecule has 102 valence electrons. The summed E-state index contributed by atoms with van der Waals surface area (Å²) in [5.74, 6) is 0. The quantitative estimate of drug-likeness (QED) is 0.855. The van der Waals surface area contributed by atoms with Crippen LogP contribution in [-0.2, 0) is 4.74 Å². The minimum absolute atomic E-state index is 0.410. The van der Waals surface area contributed by atoms with Crippen LogP contribution in [-0.4, -0.2) is 41.5 Å². The number of anilines is 1. The zero-order valence-electron chi connectivity index (χ0n) is 10.5. The van der Waals surface area contributed by atoms with Gasteiger partial charge in [-0.15, -0.1) is 10.2 Å². The summed E-state index contributed by atoms with van der Waals surface area (Å²) in [7, 11) is 0. The van der Waals surface area contributed by atoms with Crippen LogP contribution in [0, 0.1) is 11.3 Å². The standard InChI is InChI=1S/C12H11N5OS2/c13-8-9-2-1-3-10(14-9)19-12-16-15-11(20-12)17-4-6-18-7-5-17/h1-3H,4-7H2. The highest BCUT2D eigenvalue weighted by Crippen LogP contribution is 2.32. The molecular formula is C12H11N5OS2. The van der Waals surface area contributed by atoms with Gasteiger partial charge in [0.05, 0.1) is 13.2 Å². The smallest absolute Gasteiger partial charge is 0.209 e. The second-order valence-electron chi connectivity index (χ2n) is 4.02.